The SMILES string of the molecule is NCc1nc(N2CCC3(CCCCC3)CC2)ccc1Cl. The molecule has 1 aliphatic heterocycles. The van der Waals surface area contributed by atoms with E-state index in [1.165, 1.54) is 44.9 Å². The first-order valence-electron chi connectivity index (χ1n) is 7.83. The van der Waals surface area contributed by atoms with Gasteiger partial charge in [0.05, 0.1) is 10.7 Å². The van der Waals surface area contributed by atoms with Crippen LogP contribution >= 0.6 is 11.6 Å². The molecule has 1 aromatic heterocycles. The van der Waals surface area contributed by atoms with E-state index in [0.29, 0.717) is 17.0 Å². The molecule has 0 bridgehead atoms. The van der Waals surface area contributed by atoms with Crippen molar-refractivity contribution in [2.45, 2.75) is 51.5 Å². The number of pyridine rings is 1. The average molecular weight is 294 g/mol. The molecule has 2 N–H and O–H groups in total. The van der Waals surface area contributed by atoms with Gasteiger partial charge in [0.25, 0.3) is 0 Å². The normalized spacial score (nSPS) is 22.2. The first-order chi connectivity index (χ1) is 9.72. The highest BCUT2D eigenvalue weighted by Gasteiger charge is 2.35. The van der Waals surface area contributed by atoms with Gasteiger partial charge in [-0.2, -0.15) is 0 Å². The van der Waals surface area contributed by atoms with E-state index in [-0.39, 0.29) is 0 Å². The number of hydrogen-bond acceptors (Lipinski definition) is 3. The predicted molar refractivity (Wildman–Crippen MR) is 84.1 cm³/mol. The zero-order valence-electron chi connectivity index (χ0n) is 12.1. The quantitative estimate of drug-likeness (QED) is 0.903. The fourth-order valence-corrected chi connectivity index (χ4v) is 3.99. The molecule has 1 aliphatic carbocycles. The summed E-state index contributed by atoms with van der Waals surface area (Å²) in [6.07, 6.45) is 9.79. The molecule has 110 valence electrons. The van der Waals surface area contributed by atoms with Crippen molar-refractivity contribution in [3.8, 4) is 0 Å². The van der Waals surface area contributed by atoms with Crippen molar-refractivity contribution < 1.29 is 0 Å². The largest absolute Gasteiger partial charge is 0.357 e. The lowest BCUT2D eigenvalue weighted by Crippen LogP contribution is -2.41. The average Bonchev–Trinajstić information content (AvgIpc) is 2.50. The van der Waals surface area contributed by atoms with E-state index >= 15 is 0 Å². The lowest BCUT2D eigenvalue weighted by Gasteiger charge is -2.44. The van der Waals surface area contributed by atoms with Gasteiger partial charge in [-0.1, -0.05) is 30.9 Å². The minimum atomic E-state index is 0.407. The highest BCUT2D eigenvalue weighted by Crippen LogP contribution is 2.45. The molecule has 1 aromatic rings. The van der Waals surface area contributed by atoms with Crippen LogP contribution in [-0.2, 0) is 6.54 Å². The molecule has 4 heteroatoms. The molecule has 0 aromatic carbocycles. The molecule has 3 nitrogen and oxygen atoms in total. The van der Waals surface area contributed by atoms with E-state index in [1.807, 2.05) is 12.1 Å². The van der Waals surface area contributed by atoms with Crippen LogP contribution < -0.4 is 10.6 Å². The Morgan fingerprint density at radius 3 is 2.45 bits per heavy atom. The van der Waals surface area contributed by atoms with Crippen LogP contribution in [0.1, 0.15) is 50.6 Å². The molecule has 0 radical (unpaired) electrons. The smallest absolute Gasteiger partial charge is 0.128 e. The summed E-state index contributed by atoms with van der Waals surface area (Å²) < 4.78 is 0. The van der Waals surface area contributed by atoms with E-state index < -0.39 is 0 Å². The summed E-state index contributed by atoms with van der Waals surface area (Å²) in [5.74, 6) is 1.04. The van der Waals surface area contributed by atoms with Crippen LogP contribution in [0.3, 0.4) is 0 Å². The summed E-state index contributed by atoms with van der Waals surface area (Å²) in [5, 5.41) is 0.678. The van der Waals surface area contributed by atoms with Crippen LogP contribution in [0, 0.1) is 5.41 Å². The van der Waals surface area contributed by atoms with E-state index in [4.69, 9.17) is 17.3 Å². The Hall–Kier alpha value is -0.800. The number of anilines is 1. The first kappa shape index (κ1) is 14.2. The van der Waals surface area contributed by atoms with Crippen LogP contribution in [-0.4, -0.2) is 18.1 Å². The minimum absolute atomic E-state index is 0.407. The summed E-state index contributed by atoms with van der Waals surface area (Å²) in [5.41, 5.74) is 7.14. The van der Waals surface area contributed by atoms with Crippen molar-refractivity contribution in [2.75, 3.05) is 18.0 Å². The number of halogens is 1. The van der Waals surface area contributed by atoms with Gasteiger partial charge in [0.15, 0.2) is 0 Å². The maximum Gasteiger partial charge on any atom is 0.128 e. The molecule has 0 amide bonds. The lowest BCUT2D eigenvalue weighted by atomic mass is 9.68. The Morgan fingerprint density at radius 2 is 1.80 bits per heavy atom. The van der Waals surface area contributed by atoms with Gasteiger partial charge in [0.2, 0.25) is 0 Å². The predicted octanol–water partition coefficient (Wildman–Crippen LogP) is 3.74. The van der Waals surface area contributed by atoms with Gasteiger partial charge in [-0.3, -0.25) is 0 Å². The molecule has 0 atom stereocenters. The summed E-state index contributed by atoms with van der Waals surface area (Å²) in [7, 11) is 0. The van der Waals surface area contributed by atoms with E-state index in [0.717, 1.165) is 24.6 Å². The number of nitrogens with two attached hydrogens (primary N) is 1. The van der Waals surface area contributed by atoms with E-state index in [9.17, 15) is 0 Å². The molecule has 3 rings (SSSR count). The fourth-order valence-electron chi connectivity index (χ4n) is 3.80. The van der Waals surface area contributed by atoms with Crippen LogP contribution in [0.2, 0.25) is 5.02 Å². The van der Waals surface area contributed by atoms with Gasteiger partial charge in [-0.05, 0) is 43.2 Å². The third-order valence-corrected chi connectivity index (χ3v) is 5.50. The molecule has 2 aliphatic rings. The Balaban J connectivity index is 1.68. The Morgan fingerprint density at radius 1 is 1.10 bits per heavy atom. The van der Waals surface area contributed by atoms with Gasteiger partial charge in [0.1, 0.15) is 5.82 Å². The summed E-state index contributed by atoms with van der Waals surface area (Å²) in [6, 6.07) is 3.96. The summed E-state index contributed by atoms with van der Waals surface area (Å²) >= 11 is 6.09. The van der Waals surface area contributed by atoms with Crippen LogP contribution in [0.25, 0.3) is 0 Å². The van der Waals surface area contributed by atoms with E-state index in [2.05, 4.69) is 9.88 Å². The Labute approximate surface area is 126 Å². The highest BCUT2D eigenvalue weighted by molar-refractivity contribution is 6.31. The number of nitrogens with zero attached hydrogens (tertiary/aromatic N) is 2. The Bertz CT molecular complexity index is 459. The minimum Gasteiger partial charge on any atom is -0.357 e. The molecule has 20 heavy (non-hydrogen) atoms. The molecule has 1 spiro atoms. The lowest BCUT2D eigenvalue weighted by molar-refractivity contribution is 0.144. The van der Waals surface area contributed by atoms with Crippen LogP contribution in [0.5, 0.6) is 0 Å². The van der Waals surface area contributed by atoms with Gasteiger partial charge in [0, 0.05) is 19.6 Å². The molecule has 1 saturated heterocycles. The van der Waals surface area contributed by atoms with Crippen molar-refractivity contribution in [3.63, 3.8) is 0 Å². The zero-order chi connectivity index (χ0) is 14.0. The topological polar surface area (TPSA) is 42.1 Å². The number of rotatable bonds is 2. The third kappa shape index (κ3) is 2.79. The maximum absolute atomic E-state index is 6.09. The second kappa shape index (κ2) is 5.90. The molecule has 1 saturated carbocycles. The van der Waals surface area contributed by atoms with Gasteiger partial charge < -0.3 is 10.6 Å². The van der Waals surface area contributed by atoms with Crippen LogP contribution in [0.15, 0.2) is 12.1 Å². The third-order valence-electron chi connectivity index (χ3n) is 5.16. The van der Waals surface area contributed by atoms with Gasteiger partial charge in [-0.25, -0.2) is 4.98 Å². The van der Waals surface area contributed by atoms with Gasteiger partial charge in [-0.15, -0.1) is 0 Å². The van der Waals surface area contributed by atoms with Crippen molar-refractivity contribution in [3.05, 3.63) is 22.8 Å². The van der Waals surface area contributed by atoms with Gasteiger partial charge >= 0.3 is 0 Å². The monoisotopic (exact) mass is 293 g/mol. The maximum atomic E-state index is 6.09. The van der Waals surface area contributed by atoms with Crippen LogP contribution in [0.4, 0.5) is 5.82 Å². The number of piperidine rings is 1. The molecular formula is C16H24ClN3. The highest BCUT2D eigenvalue weighted by atomic mass is 35.5. The molecular weight excluding hydrogens is 270 g/mol. The first-order valence-corrected chi connectivity index (χ1v) is 8.21. The van der Waals surface area contributed by atoms with Crippen molar-refractivity contribution in [1.29, 1.82) is 0 Å². The molecule has 2 heterocycles. The van der Waals surface area contributed by atoms with Crippen molar-refractivity contribution >= 4 is 17.4 Å². The molecule has 2 fully saturated rings. The van der Waals surface area contributed by atoms with Crippen molar-refractivity contribution in [2.24, 2.45) is 11.1 Å². The summed E-state index contributed by atoms with van der Waals surface area (Å²) in [6.45, 7) is 2.65. The number of aromatic nitrogens is 1. The standard InChI is InChI=1S/C16H24ClN3/c17-13-4-5-15(19-14(13)12-18)20-10-8-16(9-11-20)6-2-1-3-7-16/h4-5H,1-3,6-12,18H2. The second-order valence-corrected chi connectivity index (χ2v) is 6.76. The molecule has 0 unspecified atom stereocenters. The summed E-state index contributed by atoms with van der Waals surface area (Å²) in [4.78, 5) is 7.02. The zero-order valence-corrected chi connectivity index (χ0v) is 12.8. The second-order valence-electron chi connectivity index (χ2n) is 6.35. The number of hydrogen-bond donors (Lipinski definition) is 1. The van der Waals surface area contributed by atoms with E-state index in [1.54, 1.807) is 0 Å². The van der Waals surface area contributed by atoms with Crippen molar-refractivity contribution in [1.82, 2.24) is 4.98 Å². The fraction of sp³-hybridized carbons (Fsp3) is 0.688. The Kier molecular flexibility index (Phi) is 4.18.